The number of hydrogen-bond donors (Lipinski definition) is 0. The minimum Gasteiger partial charge on any atom is -0.320 e. The summed E-state index contributed by atoms with van der Waals surface area (Å²) in [6.07, 6.45) is 3.38. The summed E-state index contributed by atoms with van der Waals surface area (Å²) in [5, 5.41) is 0. The summed E-state index contributed by atoms with van der Waals surface area (Å²) in [6.45, 7) is 7.09. The van der Waals surface area contributed by atoms with Crippen LogP contribution in [-0.4, -0.2) is 18.7 Å². The summed E-state index contributed by atoms with van der Waals surface area (Å²) in [4.78, 5) is 31.1. The molecule has 158 valence electrons. The van der Waals surface area contributed by atoms with Gasteiger partial charge in [-0.15, -0.1) is 0 Å². The summed E-state index contributed by atoms with van der Waals surface area (Å²) in [6, 6.07) is 17.9. The first kappa shape index (κ1) is 19.5. The van der Waals surface area contributed by atoms with Crippen LogP contribution in [-0.2, 0) is 12.0 Å². The Hall–Kier alpha value is -3.41. The Balaban J connectivity index is 1.67. The minimum absolute atomic E-state index is 0.0196. The summed E-state index contributed by atoms with van der Waals surface area (Å²) in [5.74, 6) is 0. The summed E-state index contributed by atoms with van der Waals surface area (Å²) in [5.41, 5.74) is 3.46. The molecule has 2 heterocycles. The fraction of sp³-hybridized carbons (Fsp3) is 0.320. The third-order valence-electron chi connectivity index (χ3n) is 5.95. The second-order valence-corrected chi connectivity index (χ2v) is 9.35. The monoisotopic (exact) mass is 414 g/mol. The molecule has 4 aromatic rings. The Morgan fingerprint density at radius 1 is 0.968 bits per heavy atom. The van der Waals surface area contributed by atoms with Gasteiger partial charge in [0.2, 0.25) is 0 Å². The average Bonchev–Trinajstić information content (AvgIpc) is 3.49. The lowest BCUT2D eigenvalue weighted by Crippen LogP contribution is -2.39. The number of para-hydroxylation sites is 1. The molecule has 0 amide bonds. The SMILES string of the molecule is CC(C)(C)c1ccc(Cn2cnc3c2c(=O)n(C2CC2)c(=O)n3-c2ccccc2)cc1. The van der Waals surface area contributed by atoms with Crippen LogP contribution in [0.2, 0.25) is 0 Å². The maximum absolute atomic E-state index is 13.4. The van der Waals surface area contributed by atoms with Crippen molar-refractivity contribution >= 4 is 11.2 Å². The quantitative estimate of drug-likeness (QED) is 0.507. The van der Waals surface area contributed by atoms with E-state index in [9.17, 15) is 9.59 Å². The van der Waals surface area contributed by atoms with E-state index in [0.29, 0.717) is 23.4 Å². The molecule has 1 aliphatic carbocycles. The molecule has 0 unspecified atom stereocenters. The van der Waals surface area contributed by atoms with Crippen molar-refractivity contribution < 1.29 is 0 Å². The fourth-order valence-electron chi connectivity index (χ4n) is 4.04. The van der Waals surface area contributed by atoms with Crippen LogP contribution in [0, 0.1) is 0 Å². The van der Waals surface area contributed by atoms with Crippen LogP contribution in [0.25, 0.3) is 16.9 Å². The number of rotatable bonds is 4. The van der Waals surface area contributed by atoms with Crippen molar-refractivity contribution in [3.8, 4) is 5.69 Å². The van der Waals surface area contributed by atoms with Gasteiger partial charge in [0, 0.05) is 12.6 Å². The summed E-state index contributed by atoms with van der Waals surface area (Å²) >= 11 is 0. The van der Waals surface area contributed by atoms with Crippen molar-refractivity contribution in [2.24, 2.45) is 0 Å². The van der Waals surface area contributed by atoms with E-state index in [1.54, 1.807) is 10.9 Å². The molecule has 0 saturated heterocycles. The van der Waals surface area contributed by atoms with Crippen molar-refractivity contribution in [3.05, 3.63) is 92.9 Å². The highest BCUT2D eigenvalue weighted by Crippen LogP contribution is 2.32. The number of imidazole rings is 1. The van der Waals surface area contributed by atoms with Crippen molar-refractivity contribution in [2.75, 3.05) is 0 Å². The Morgan fingerprint density at radius 3 is 2.26 bits per heavy atom. The van der Waals surface area contributed by atoms with Crippen molar-refractivity contribution in [1.29, 1.82) is 0 Å². The molecule has 6 nitrogen and oxygen atoms in total. The molecule has 0 spiro atoms. The molecule has 1 fully saturated rings. The largest absolute Gasteiger partial charge is 0.337 e. The lowest BCUT2D eigenvalue weighted by Gasteiger charge is -2.19. The van der Waals surface area contributed by atoms with Gasteiger partial charge >= 0.3 is 5.69 Å². The van der Waals surface area contributed by atoms with E-state index in [1.807, 2.05) is 34.9 Å². The van der Waals surface area contributed by atoms with Crippen LogP contribution in [0.15, 0.2) is 70.5 Å². The third-order valence-corrected chi connectivity index (χ3v) is 5.95. The first-order chi connectivity index (χ1) is 14.8. The maximum atomic E-state index is 13.4. The van der Waals surface area contributed by atoms with Gasteiger partial charge in [0.15, 0.2) is 11.2 Å². The highest BCUT2D eigenvalue weighted by Gasteiger charge is 2.30. The Bertz CT molecular complexity index is 1370. The molecule has 0 radical (unpaired) electrons. The standard InChI is InChI=1S/C25H26N4O2/c1-25(2,3)18-11-9-17(10-12-18)15-27-16-26-22-21(27)23(30)29(20-13-14-20)24(31)28(22)19-7-5-4-6-8-19/h4-12,16,20H,13-15H2,1-3H3. The lowest BCUT2D eigenvalue weighted by molar-refractivity contribution is 0.590. The molecule has 5 rings (SSSR count). The van der Waals surface area contributed by atoms with Gasteiger partial charge in [0.1, 0.15) is 0 Å². The molecule has 1 aliphatic rings. The van der Waals surface area contributed by atoms with Gasteiger partial charge in [-0.1, -0.05) is 63.2 Å². The van der Waals surface area contributed by atoms with Gasteiger partial charge < -0.3 is 4.57 Å². The molecule has 1 saturated carbocycles. The van der Waals surface area contributed by atoms with Gasteiger partial charge in [0.25, 0.3) is 5.56 Å². The minimum atomic E-state index is -0.314. The van der Waals surface area contributed by atoms with Crippen molar-refractivity contribution in [3.63, 3.8) is 0 Å². The zero-order valence-electron chi connectivity index (χ0n) is 18.1. The van der Waals surface area contributed by atoms with Gasteiger partial charge in [-0.2, -0.15) is 0 Å². The van der Waals surface area contributed by atoms with Crippen LogP contribution in [0.5, 0.6) is 0 Å². The van der Waals surface area contributed by atoms with Crippen LogP contribution in [0.4, 0.5) is 0 Å². The zero-order chi connectivity index (χ0) is 21.8. The maximum Gasteiger partial charge on any atom is 0.337 e. The molecule has 0 bridgehead atoms. The second kappa shape index (κ2) is 7.08. The smallest absolute Gasteiger partial charge is 0.320 e. The van der Waals surface area contributed by atoms with Crippen LogP contribution >= 0.6 is 0 Å². The summed E-state index contributed by atoms with van der Waals surface area (Å²) < 4.78 is 4.84. The lowest BCUT2D eigenvalue weighted by atomic mass is 9.87. The molecule has 31 heavy (non-hydrogen) atoms. The topological polar surface area (TPSA) is 61.8 Å². The van der Waals surface area contributed by atoms with Crippen molar-refractivity contribution in [1.82, 2.24) is 18.7 Å². The van der Waals surface area contributed by atoms with E-state index in [1.165, 1.54) is 10.1 Å². The Morgan fingerprint density at radius 2 is 1.65 bits per heavy atom. The van der Waals surface area contributed by atoms with Gasteiger partial charge in [-0.3, -0.25) is 9.36 Å². The second-order valence-electron chi connectivity index (χ2n) is 9.35. The fourth-order valence-corrected chi connectivity index (χ4v) is 4.04. The molecule has 0 atom stereocenters. The van der Waals surface area contributed by atoms with Gasteiger partial charge in [0.05, 0.1) is 12.0 Å². The molecule has 6 heteroatoms. The van der Waals surface area contributed by atoms with Gasteiger partial charge in [-0.05, 0) is 41.5 Å². The van der Waals surface area contributed by atoms with Crippen LogP contribution < -0.4 is 11.2 Å². The van der Waals surface area contributed by atoms with Gasteiger partial charge in [-0.25, -0.2) is 14.3 Å². The number of benzene rings is 2. The normalized spacial score (nSPS) is 14.3. The predicted octanol–water partition coefficient (Wildman–Crippen LogP) is 4.03. The first-order valence-electron chi connectivity index (χ1n) is 10.7. The average molecular weight is 415 g/mol. The molecule has 2 aromatic carbocycles. The molecule has 0 N–H and O–H groups in total. The highest BCUT2D eigenvalue weighted by molar-refractivity contribution is 5.72. The van der Waals surface area contributed by atoms with Crippen molar-refractivity contribution in [2.45, 2.75) is 51.6 Å². The molecular weight excluding hydrogens is 388 g/mol. The number of fused-ring (bicyclic) bond motifs is 1. The Labute approximate surface area is 180 Å². The van der Waals surface area contributed by atoms with Crippen LogP contribution in [0.3, 0.4) is 0 Å². The highest BCUT2D eigenvalue weighted by atomic mass is 16.2. The van der Waals surface area contributed by atoms with E-state index < -0.39 is 0 Å². The Kier molecular flexibility index (Phi) is 4.46. The van der Waals surface area contributed by atoms with E-state index in [-0.39, 0.29) is 22.7 Å². The third kappa shape index (κ3) is 3.42. The molecule has 0 aliphatic heterocycles. The number of aromatic nitrogens is 4. The van der Waals surface area contributed by atoms with E-state index in [4.69, 9.17) is 0 Å². The van der Waals surface area contributed by atoms with Crippen LogP contribution in [0.1, 0.15) is 50.8 Å². The number of nitrogens with zero attached hydrogens (tertiary/aromatic N) is 4. The number of hydrogen-bond acceptors (Lipinski definition) is 3. The molecular formula is C25H26N4O2. The first-order valence-corrected chi connectivity index (χ1v) is 10.7. The van der Waals surface area contributed by atoms with E-state index in [0.717, 1.165) is 18.4 Å². The summed E-state index contributed by atoms with van der Waals surface area (Å²) in [7, 11) is 0. The predicted molar refractivity (Wildman–Crippen MR) is 122 cm³/mol. The van der Waals surface area contributed by atoms with E-state index in [2.05, 4.69) is 50.0 Å². The molecule has 2 aromatic heterocycles. The van der Waals surface area contributed by atoms with E-state index >= 15 is 0 Å². The zero-order valence-corrected chi connectivity index (χ0v) is 18.1.